The minimum atomic E-state index is -0.307. The van der Waals surface area contributed by atoms with Crippen LogP contribution in [-0.4, -0.2) is 17.0 Å². The van der Waals surface area contributed by atoms with Crippen LogP contribution in [0.15, 0.2) is 64.2 Å². The van der Waals surface area contributed by atoms with Crippen molar-refractivity contribution in [2.24, 2.45) is 0 Å². The van der Waals surface area contributed by atoms with Crippen molar-refractivity contribution in [2.75, 3.05) is 6.54 Å². The Bertz CT molecular complexity index is 931. The summed E-state index contributed by atoms with van der Waals surface area (Å²) in [5.74, 6) is -0.307. The summed E-state index contributed by atoms with van der Waals surface area (Å²) in [4.78, 5) is 25.5. The van der Waals surface area contributed by atoms with E-state index in [1.54, 1.807) is 22.0 Å². The van der Waals surface area contributed by atoms with Gasteiger partial charge in [0.2, 0.25) is 0 Å². The normalized spacial score (nSPS) is 10.7. The molecule has 0 fully saturated rings. The largest absolute Gasteiger partial charge is 0.352 e. The van der Waals surface area contributed by atoms with E-state index in [0.717, 1.165) is 36.0 Å². The van der Waals surface area contributed by atoms with Crippen LogP contribution >= 0.6 is 11.3 Å². The molecule has 5 heteroatoms. The lowest BCUT2D eigenvalue weighted by Crippen LogP contribution is -2.34. The van der Waals surface area contributed by atoms with Crippen LogP contribution in [0, 0.1) is 0 Å². The first-order valence-electron chi connectivity index (χ1n) is 9.28. The van der Waals surface area contributed by atoms with Gasteiger partial charge in [-0.05, 0) is 52.4 Å². The predicted molar refractivity (Wildman–Crippen MR) is 111 cm³/mol. The second-order valence-electron chi connectivity index (χ2n) is 6.50. The molecule has 0 spiro atoms. The molecule has 2 aromatic heterocycles. The van der Waals surface area contributed by atoms with Crippen LogP contribution in [0.5, 0.6) is 0 Å². The minimum Gasteiger partial charge on any atom is -0.352 e. The number of hydrogen-bond donors (Lipinski definition) is 1. The number of unbranched alkanes of at least 4 members (excludes halogenated alkanes) is 1. The van der Waals surface area contributed by atoms with Gasteiger partial charge in [-0.25, -0.2) is 0 Å². The number of rotatable bonds is 8. The molecule has 0 saturated carbocycles. The van der Waals surface area contributed by atoms with E-state index in [1.165, 1.54) is 0 Å². The van der Waals surface area contributed by atoms with Gasteiger partial charge < -0.3 is 9.88 Å². The minimum absolute atomic E-state index is 0.211. The molecule has 4 nitrogen and oxygen atoms in total. The molecule has 2 heterocycles. The summed E-state index contributed by atoms with van der Waals surface area (Å²) in [6.45, 7) is 3.21. The van der Waals surface area contributed by atoms with Crippen LogP contribution in [0.3, 0.4) is 0 Å². The summed E-state index contributed by atoms with van der Waals surface area (Å²) < 4.78 is 1.67. The Hall–Kier alpha value is -2.66. The van der Waals surface area contributed by atoms with E-state index in [0.29, 0.717) is 13.1 Å². The number of pyridine rings is 1. The van der Waals surface area contributed by atoms with Gasteiger partial charge in [-0.15, -0.1) is 0 Å². The van der Waals surface area contributed by atoms with Gasteiger partial charge in [0.15, 0.2) is 0 Å². The van der Waals surface area contributed by atoms with Gasteiger partial charge in [-0.3, -0.25) is 9.59 Å². The van der Waals surface area contributed by atoms with Crippen molar-refractivity contribution >= 4 is 17.2 Å². The monoisotopic (exact) mass is 380 g/mol. The van der Waals surface area contributed by atoms with Gasteiger partial charge in [0.05, 0.1) is 0 Å². The van der Waals surface area contributed by atoms with Crippen LogP contribution in [-0.2, 0) is 13.0 Å². The molecule has 0 aliphatic carbocycles. The number of carbonyl (C=O) groups excluding carboxylic acids is 1. The zero-order valence-electron chi connectivity index (χ0n) is 15.5. The van der Waals surface area contributed by atoms with Gasteiger partial charge in [0.1, 0.15) is 5.56 Å². The van der Waals surface area contributed by atoms with Crippen LogP contribution in [0.1, 0.15) is 35.7 Å². The molecule has 27 heavy (non-hydrogen) atoms. The number of aryl methyl sites for hydroxylation is 1. The Kier molecular flexibility index (Phi) is 6.60. The molecule has 3 rings (SSSR count). The van der Waals surface area contributed by atoms with Crippen molar-refractivity contribution in [3.8, 4) is 11.1 Å². The Morgan fingerprint density at radius 1 is 1.15 bits per heavy atom. The van der Waals surface area contributed by atoms with Crippen molar-refractivity contribution in [2.45, 2.75) is 32.7 Å². The lowest BCUT2D eigenvalue weighted by atomic mass is 10.1. The van der Waals surface area contributed by atoms with E-state index in [9.17, 15) is 9.59 Å². The molecule has 0 aliphatic rings. The molecular weight excluding hydrogens is 356 g/mol. The maximum atomic E-state index is 12.8. The van der Waals surface area contributed by atoms with Crippen molar-refractivity contribution in [1.29, 1.82) is 0 Å². The standard InChI is InChI=1S/C22H24N2O2S/c1-2-3-12-24-15-19(18-10-13-27-16-18)14-20(22(24)26)21(25)23-11-9-17-7-5-4-6-8-17/h4-8,10,13-16H,2-3,9,11-12H2,1H3,(H,23,25). The Morgan fingerprint density at radius 2 is 1.96 bits per heavy atom. The van der Waals surface area contributed by atoms with Crippen LogP contribution in [0.4, 0.5) is 0 Å². The zero-order chi connectivity index (χ0) is 19.1. The number of hydrogen-bond acceptors (Lipinski definition) is 3. The summed E-state index contributed by atoms with van der Waals surface area (Å²) in [5.41, 5.74) is 3.08. The smallest absolute Gasteiger partial charge is 0.263 e. The van der Waals surface area contributed by atoms with E-state index in [2.05, 4.69) is 12.2 Å². The molecule has 0 aliphatic heterocycles. The lowest BCUT2D eigenvalue weighted by molar-refractivity contribution is 0.0952. The fraction of sp³-hybridized carbons (Fsp3) is 0.273. The Balaban J connectivity index is 1.80. The third-order valence-electron chi connectivity index (χ3n) is 4.48. The third-order valence-corrected chi connectivity index (χ3v) is 5.16. The van der Waals surface area contributed by atoms with Crippen molar-refractivity contribution in [3.05, 3.63) is 80.9 Å². The molecule has 140 valence electrons. The Morgan fingerprint density at radius 3 is 2.67 bits per heavy atom. The highest BCUT2D eigenvalue weighted by molar-refractivity contribution is 7.08. The maximum absolute atomic E-state index is 12.8. The van der Waals surface area contributed by atoms with E-state index in [4.69, 9.17) is 0 Å². The van der Waals surface area contributed by atoms with E-state index >= 15 is 0 Å². The van der Waals surface area contributed by atoms with Gasteiger partial charge in [0, 0.05) is 19.3 Å². The predicted octanol–water partition coefficient (Wildman–Crippen LogP) is 4.35. The fourth-order valence-electron chi connectivity index (χ4n) is 2.94. The van der Waals surface area contributed by atoms with Crippen LogP contribution in [0.25, 0.3) is 11.1 Å². The second kappa shape index (κ2) is 9.33. The molecule has 1 N–H and O–H groups in total. The molecule has 0 bridgehead atoms. The van der Waals surface area contributed by atoms with Gasteiger partial charge in [-0.2, -0.15) is 11.3 Å². The van der Waals surface area contributed by atoms with Crippen molar-refractivity contribution in [3.63, 3.8) is 0 Å². The van der Waals surface area contributed by atoms with E-state index in [1.807, 2.05) is 53.4 Å². The summed E-state index contributed by atoms with van der Waals surface area (Å²) in [6.07, 6.45) is 4.50. The maximum Gasteiger partial charge on any atom is 0.263 e. The average Bonchev–Trinajstić information content (AvgIpc) is 3.23. The highest BCUT2D eigenvalue weighted by Crippen LogP contribution is 2.22. The topological polar surface area (TPSA) is 51.1 Å². The molecule has 0 saturated heterocycles. The lowest BCUT2D eigenvalue weighted by Gasteiger charge is -2.11. The molecule has 0 atom stereocenters. The number of nitrogens with zero attached hydrogens (tertiary/aromatic N) is 1. The second-order valence-corrected chi connectivity index (χ2v) is 7.28. The summed E-state index contributed by atoms with van der Waals surface area (Å²) in [7, 11) is 0. The highest BCUT2D eigenvalue weighted by atomic mass is 32.1. The van der Waals surface area contributed by atoms with Gasteiger partial charge in [0.25, 0.3) is 11.5 Å². The van der Waals surface area contributed by atoms with Crippen molar-refractivity contribution < 1.29 is 4.79 Å². The number of amides is 1. The fourth-order valence-corrected chi connectivity index (χ4v) is 3.60. The number of aromatic nitrogens is 1. The first kappa shape index (κ1) is 19.1. The molecule has 3 aromatic rings. The number of thiophene rings is 1. The van der Waals surface area contributed by atoms with Gasteiger partial charge in [-0.1, -0.05) is 43.7 Å². The average molecular weight is 381 g/mol. The molecular formula is C22H24N2O2S. The number of nitrogens with one attached hydrogen (secondary N) is 1. The molecule has 1 aromatic carbocycles. The van der Waals surface area contributed by atoms with Crippen LogP contribution < -0.4 is 10.9 Å². The SMILES string of the molecule is CCCCn1cc(-c2ccsc2)cc(C(=O)NCCc2ccccc2)c1=O. The van der Waals surface area contributed by atoms with Gasteiger partial charge >= 0.3 is 0 Å². The van der Waals surface area contributed by atoms with Crippen molar-refractivity contribution in [1.82, 2.24) is 9.88 Å². The summed E-state index contributed by atoms with van der Waals surface area (Å²) in [6, 6.07) is 13.7. The third kappa shape index (κ3) is 4.95. The quantitative estimate of drug-likeness (QED) is 0.632. The molecule has 1 amide bonds. The van der Waals surface area contributed by atoms with Crippen LogP contribution in [0.2, 0.25) is 0 Å². The zero-order valence-corrected chi connectivity index (χ0v) is 16.3. The molecule has 0 radical (unpaired) electrons. The summed E-state index contributed by atoms with van der Waals surface area (Å²) in [5, 5.41) is 6.92. The number of benzene rings is 1. The molecule has 0 unspecified atom stereocenters. The first-order chi connectivity index (χ1) is 13.2. The Labute approximate surface area is 163 Å². The van der Waals surface area contributed by atoms with E-state index < -0.39 is 0 Å². The van der Waals surface area contributed by atoms with E-state index in [-0.39, 0.29) is 17.0 Å². The summed E-state index contributed by atoms with van der Waals surface area (Å²) >= 11 is 1.60. The number of carbonyl (C=O) groups is 1. The first-order valence-corrected chi connectivity index (χ1v) is 10.2. The highest BCUT2D eigenvalue weighted by Gasteiger charge is 2.15.